The van der Waals surface area contributed by atoms with Crippen molar-refractivity contribution in [1.82, 2.24) is 5.32 Å². The molecule has 0 bridgehead atoms. The van der Waals surface area contributed by atoms with E-state index in [0.29, 0.717) is 0 Å². The summed E-state index contributed by atoms with van der Waals surface area (Å²) in [6, 6.07) is 0.836. The summed E-state index contributed by atoms with van der Waals surface area (Å²) in [6.45, 7) is 2.43. The summed E-state index contributed by atoms with van der Waals surface area (Å²) in [5, 5.41) is 3.49. The zero-order valence-corrected chi connectivity index (χ0v) is 7.64. The molecule has 11 heavy (non-hydrogen) atoms. The predicted octanol–water partition coefficient (Wildman–Crippen LogP) is 2.03. The van der Waals surface area contributed by atoms with Gasteiger partial charge in [-0.25, -0.2) is 0 Å². The van der Waals surface area contributed by atoms with Crippen molar-refractivity contribution in [3.8, 4) is 0 Å². The third-order valence-electron chi connectivity index (χ3n) is 3.40. The van der Waals surface area contributed by atoms with Crippen molar-refractivity contribution in [1.29, 1.82) is 0 Å². The van der Waals surface area contributed by atoms with E-state index in [-0.39, 0.29) is 0 Å². The lowest BCUT2D eigenvalue weighted by Crippen LogP contribution is -2.35. The van der Waals surface area contributed by atoms with Crippen LogP contribution in [0.4, 0.5) is 0 Å². The average Bonchev–Trinajstić information content (AvgIpc) is 2.86. The zero-order chi connectivity index (χ0) is 7.84. The van der Waals surface area contributed by atoms with E-state index in [9.17, 15) is 0 Å². The highest BCUT2D eigenvalue weighted by atomic mass is 14.9. The minimum Gasteiger partial charge on any atom is -0.316 e. The second-order valence-electron chi connectivity index (χ2n) is 4.35. The molecule has 0 amide bonds. The summed E-state index contributed by atoms with van der Waals surface area (Å²) in [7, 11) is 2.13. The lowest BCUT2D eigenvalue weighted by molar-refractivity contribution is 0.327. The SMILES string of the molecule is CNC(C1CC1)C(C)C1CC1. The van der Waals surface area contributed by atoms with Crippen LogP contribution in [0.3, 0.4) is 0 Å². The Morgan fingerprint density at radius 2 is 1.64 bits per heavy atom. The maximum Gasteiger partial charge on any atom is 0.0121 e. The van der Waals surface area contributed by atoms with E-state index in [4.69, 9.17) is 0 Å². The molecule has 2 aliphatic carbocycles. The number of hydrogen-bond donors (Lipinski definition) is 1. The maximum absolute atomic E-state index is 3.49. The van der Waals surface area contributed by atoms with Crippen LogP contribution in [0, 0.1) is 17.8 Å². The Hall–Kier alpha value is -0.0400. The second-order valence-corrected chi connectivity index (χ2v) is 4.35. The molecule has 0 aliphatic heterocycles. The summed E-state index contributed by atoms with van der Waals surface area (Å²) in [4.78, 5) is 0. The molecule has 2 rings (SSSR count). The fourth-order valence-corrected chi connectivity index (χ4v) is 2.30. The summed E-state index contributed by atoms with van der Waals surface area (Å²) in [5.74, 6) is 3.02. The van der Waals surface area contributed by atoms with Gasteiger partial charge >= 0.3 is 0 Å². The summed E-state index contributed by atoms with van der Waals surface area (Å²) in [5.41, 5.74) is 0. The van der Waals surface area contributed by atoms with Gasteiger partial charge in [-0.3, -0.25) is 0 Å². The van der Waals surface area contributed by atoms with Crippen LogP contribution in [-0.2, 0) is 0 Å². The topological polar surface area (TPSA) is 12.0 Å². The molecule has 0 spiro atoms. The number of nitrogens with one attached hydrogen (secondary N) is 1. The Bertz CT molecular complexity index is 136. The highest BCUT2D eigenvalue weighted by Crippen LogP contribution is 2.44. The molecule has 0 radical (unpaired) electrons. The second kappa shape index (κ2) is 2.78. The molecule has 1 heteroatoms. The van der Waals surface area contributed by atoms with Crippen molar-refractivity contribution >= 4 is 0 Å². The van der Waals surface area contributed by atoms with Crippen LogP contribution >= 0.6 is 0 Å². The Morgan fingerprint density at radius 1 is 1.09 bits per heavy atom. The first-order valence-electron chi connectivity index (χ1n) is 5.00. The fraction of sp³-hybridized carbons (Fsp3) is 1.00. The van der Waals surface area contributed by atoms with Crippen LogP contribution in [0.15, 0.2) is 0 Å². The summed E-state index contributed by atoms with van der Waals surface area (Å²) in [6.07, 6.45) is 5.93. The number of hydrogen-bond acceptors (Lipinski definition) is 1. The van der Waals surface area contributed by atoms with E-state index in [2.05, 4.69) is 19.3 Å². The van der Waals surface area contributed by atoms with Gasteiger partial charge in [0.1, 0.15) is 0 Å². The van der Waals surface area contributed by atoms with E-state index < -0.39 is 0 Å². The van der Waals surface area contributed by atoms with E-state index >= 15 is 0 Å². The van der Waals surface area contributed by atoms with Gasteiger partial charge in [0, 0.05) is 6.04 Å². The van der Waals surface area contributed by atoms with Gasteiger partial charge in [-0.2, -0.15) is 0 Å². The van der Waals surface area contributed by atoms with Gasteiger partial charge in [-0.15, -0.1) is 0 Å². The molecule has 0 aromatic rings. The minimum absolute atomic E-state index is 0.836. The molecule has 2 unspecified atom stereocenters. The molecule has 2 atom stereocenters. The van der Waals surface area contributed by atoms with Gasteiger partial charge < -0.3 is 5.32 Å². The zero-order valence-electron chi connectivity index (χ0n) is 7.64. The quantitative estimate of drug-likeness (QED) is 0.651. The molecule has 2 aliphatic rings. The van der Waals surface area contributed by atoms with E-state index in [0.717, 1.165) is 23.8 Å². The van der Waals surface area contributed by atoms with E-state index in [1.54, 1.807) is 0 Å². The van der Waals surface area contributed by atoms with E-state index in [1.807, 2.05) is 0 Å². The molecule has 1 nitrogen and oxygen atoms in total. The van der Waals surface area contributed by atoms with Crippen molar-refractivity contribution < 1.29 is 0 Å². The standard InChI is InChI=1S/C10H19N/c1-7(8-3-4-8)10(11-2)9-5-6-9/h7-11H,3-6H2,1-2H3. The van der Waals surface area contributed by atoms with E-state index in [1.165, 1.54) is 25.7 Å². The van der Waals surface area contributed by atoms with Gasteiger partial charge in [0.2, 0.25) is 0 Å². The molecule has 0 heterocycles. The van der Waals surface area contributed by atoms with Gasteiger partial charge in [0.15, 0.2) is 0 Å². The predicted molar refractivity (Wildman–Crippen MR) is 47.5 cm³/mol. The molecule has 64 valence electrons. The van der Waals surface area contributed by atoms with Crippen LogP contribution in [0.25, 0.3) is 0 Å². The molecule has 0 aromatic carbocycles. The Kier molecular flexibility index (Phi) is 1.92. The van der Waals surface area contributed by atoms with Gasteiger partial charge in [-0.05, 0) is 50.5 Å². The normalized spacial score (nSPS) is 30.0. The lowest BCUT2D eigenvalue weighted by atomic mass is 9.93. The Labute approximate surface area is 69.6 Å². The molecule has 2 fully saturated rings. The van der Waals surface area contributed by atoms with Crippen LogP contribution in [0.5, 0.6) is 0 Å². The van der Waals surface area contributed by atoms with Crippen LogP contribution < -0.4 is 5.32 Å². The maximum atomic E-state index is 3.49. The number of rotatable bonds is 4. The van der Waals surface area contributed by atoms with Crippen molar-refractivity contribution in [2.24, 2.45) is 17.8 Å². The molecule has 0 aromatic heterocycles. The van der Waals surface area contributed by atoms with Crippen molar-refractivity contribution in [3.05, 3.63) is 0 Å². The monoisotopic (exact) mass is 153 g/mol. The minimum atomic E-state index is 0.836. The molecular weight excluding hydrogens is 134 g/mol. The first-order chi connectivity index (χ1) is 5.33. The molecular formula is C10H19N. The highest BCUT2D eigenvalue weighted by molar-refractivity contribution is 4.94. The summed E-state index contributed by atoms with van der Waals surface area (Å²) < 4.78 is 0. The summed E-state index contributed by atoms with van der Waals surface area (Å²) >= 11 is 0. The highest BCUT2D eigenvalue weighted by Gasteiger charge is 2.39. The fourth-order valence-electron chi connectivity index (χ4n) is 2.30. The van der Waals surface area contributed by atoms with Crippen LogP contribution in [-0.4, -0.2) is 13.1 Å². The molecule has 0 saturated heterocycles. The van der Waals surface area contributed by atoms with Gasteiger partial charge in [0.05, 0.1) is 0 Å². The molecule has 2 saturated carbocycles. The van der Waals surface area contributed by atoms with Crippen molar-refractivity contribution in [2.45, 2.75) is 38.6 Å². The van der Waals surface area contributed by atoms with Crippen LogP contribution in [0.1, 0.15) is 32.6 Å². The van der Waals surface area contributed by atoms with Crippen LogP contribution in [0.2, 0.25) is 0 Å². The van der Waals surface area contributed by atoms with Crippen molar-refractivity contribution in [3.63, 3.8) is 0 Å². The average molecular weight is 153 g/mol. The van der Waals surface area contributed by atoms with Gasteiger partial charge in [-0.1, -0.05) is 6.92 Å². The Morgan fingerprint density at radius 3 is 2.00 bits per heavy atom. The van der Waals surface area contributed by atoms with Crippen molar-refractivity contribution in [2.75, 3.05) is 7.05 Å². The Balaban J connectivity index is 1.86. The third kappa shape index (κ3) is 1.58. The first-order valence-corrected chi connectivity index (χ1v) is 5.00. The third-order valence-corrected chi connectivity index (χ3v) is 3.40. The lowest BCUT2D eigenvalue weighted by Gasteiger charge is -2.22. The smallest absolute Gasteiger partial charge is 0.0121 e. The van der Waals surface area contributed by atoms with Gasteiger partial charge in [0.25, 0.3) is 0 Å². The first kappa shape index (κ1) is 7.60. The largest absolute Gasteiger partial charge is 0.316 e. The molecule has 1 N–H and O–H groups in total.